The molecule has 1 aromatic rings. The molecule has 0 unspecified atom stereocenters. The van der Waals surface area contributed by atoms with Crippen LogP contribution in [0.5, 0.6) is 0 Å². The third-order valence-corrected chi connectivity index (χ3v) is 3.22. The molecule has 1 aromatic heterocycles. The lowest BCUT2D eigenvalue weighted by atomic mass is 10.2. The van der Waals surface area contributed by atoms with Crippen LogP contribution in [-0.2, 0) is 7.05 Å². The van der Waals surface area contributed by atoms with Crippen LogP contribution in [0, 0.1) is 6.92 Å². The van der Waals surface area contributed by atoms with Crippen LogP contribution < -0.4 is 0 Å². The number of hydrogen-bond acceptors (Lipinski definition) is 2. The molecule has 0 aliphatic rings. The Kier molecular flexibility index (Phi) is 5.18. The summed E-state index contributed by atoms with van der Waals surface area (Å²) in [5, 5.41) is 5.13. The van der Waals surface area contributed by atoms with E-state index in [2.05, 4.69) is 21.0 Å². The molecule has 0 aromatic carbocycles. The van der Waals surface area contributed by atoms with Crippen molar-refractivity contribution in [2.24, 2.45) is 7.05 Å². The van der Waals surface area contributed by atoms with Crippen LogP contribution in [0.4, 0.5) is 0 Å². The number of carbonyl (C=O) groups is 1. The monoisotopic (exact) mass is 301 g/mol. The number of hydrogen-bond donors (Lipinski definition) is 0. The van der Waals surface area contributed by atoms with Crippen LogP contribution in [0.25, 0.3) is 0 Å². The maximum atomic E-state index is 12.4. The lowest BCUT2D eigenvalue weighted by molar-refractivity contribution is 0.0706. The van der Waals surface area contributed by atoms with Crippen molar-refractivity contribution in [2.75, 3.05) is 11.9 Å². The first-order valence-electron chi connectivity index (χ1n) is 5.84. The summed E-state index contributed by atoms with van der Waals surface area (Å²) in [6.45, 7) is 6.72. The maximum Gasteiger partial charge on any atom is 0.257 e. The van der Waals surface area contributed by atoms with E-state index in [1.165, 1.54) is 0 Å². The van der Waals surface area contributed by atoms with Crippen LogP contribution in [0.15, 0.2) is 6.20 Å². The zero-order valence-electron chi connectivity index (χ0n) is 10.9. The van der Waals surface area contributed by atoms with Gasteiger partial charge >= 0.3 is 0 Å². The number of aromatic nitrogens is 2. The van der Waals surface area contributed by atoms with Crippen molar-refractivity contribution in [3.63, 3.8) is 0 Å². The quantitative estimate of drug-likeness (QED) is 0.783. The molecule has 0 radical (unpaired) electrons. The number of nitrogens with zero attached hydrogens (tertiary/aromatic N) is 3. The second kappa shape index (κ2) is 6.19. The lowest BCUT2D eigenvalue weighted by Crippen LogP contribution is -2.38. The van der Waals surface area contributed by atoms with Crippen LogP contribution >= 0.6 is 15.9 Å². The highest BCUT2D eigenvalue weighted by Gasteiger charge is 2.21. The van der Waals surface area contributed by atoms with Crippen molar-refractivity contribution in [2.45, 2.75) is 33.2 Å². The largest absolute Gasteiger partial charge is 0.336 e. The number of halogens is 1. The van der Waals surface area contributed by atoms with E-state index >= 15 is 0 Å². The lowest BCUT2D eigenvalue weighted by Gasteiger charge is -2.26. The smallest absolute Gasteiger partial charge is 0.257 e. The Morgan fingerprint density at radius 2 is 2.24 bits per heavy atom. The van der Waals surface area contributed by atoms with E-state index in [4.69, 9.17) is 0 Å². The third kappa shape index (κ3) is 3.56. The molecule has 0 aliphatic heterocycles. The Morgan fingerprint density at radius 1 is 1.59 bits per heavy atom. The van der Waals surface area contributed by atoms with E-state index in [0.717, 1.165) is 24.0 Å². The highest BCUT2D eigenvalue weighted by Crippen LogP contribution is 2.12. The zero-order chi connectivity index (χ0) is 13.0. The molecule has 0 atom stereocenters. The summed E-state index contributed by atoms with van der Waals surface area (Å²) >= 11 is 3.40. The summed E-state index contributed by atoms with van der Waals surface area (Å²) in [5.74, 6) is 0.0755. The topological polar surface area (TPSA) is 38.1 Å². The number of rotatable bonds is 5. The van der Waals surface area contributed by atoms with Gasteiger partial charge in [-0.3, -0.25) is 9.48 Å². The van der Waals surface area contributed by atoms with Crippen molar-refractivity contribution in [3.8, 4) is 0 Å². The number of alkyl halides is 1. The predicted octanol–water partition coefficient (Wildman–Crippen LogP) is 2.36. The fraction of sp³-hybridized carbons (Fsp3) is 0.667. The Morgan fingerprint density at radius 3 is 2.65 bits per heavy atom. The van der Waals surface area contributed by atoms with Crippen molar-refractivity contribution in [1.29, 1.82) is 0 Å². The number of carbonyl (C=O) groups excluding carboxylic acids is 1. The molecule has 0 N–H and O–H groups in total. The minimum Gasteiger partial charge on any atom is -0.336 e. The number of aryl methyl sites for hydroxylation is 2. The second-order valence-electron chi connectivity index (χ2n) is 4.44. The summed E-state index contributed by atoms with van der Waals surface area (Å²) in [5.41, 5.74) is 1.50. The van der Waals surface area contributed by atoms with Gasteiger partial charge in [-0.1, -0.05) is 15.9 Å². The van der Waals surface area contributed by atoms with E-state index < -0.39 is 0 Å². The van der Waals surface area contributed by atoms with Gasteiger partial charge in [0.2, 0.25) is 0 Å². The predicted molar refractivity (Wildman–Crippen MR) is 72.5 cm³/mol. The van der Waals surface area contributed by atoms with Crippen molar-refractivity contribution < 1.29 is 4.79 Å². The molecular formula is C12H20BrN3O. The van der Waals surface area contributed by atoms with Gasteiger partial charge in [-0.2, -0.15) is 5.10 Å². The maximum absolute atomic E-state index is 12.4. The first kappa shape index (κ1) is 14.2. The molecule has 1 amide bonds. The van der Waals surface area contributed by atoms with Gasteiger partial charge in [-0.15, -0.1) is 0 Å². The number of amides is 1. The Bertz CT molecular complexity index is 387. The highest BCUT2D eigenvalue weighted by molar-refractivity contribution is 9.09. The van der Waals surface area contributed by atoms with Crippen LogP contribution in [0.3, 0.4) is 0 Å². The Balaban J connectivity index is 2.87. The van der Waals surface area contributed by atoms with Crippen molar-refractivity contribution in [3.05, 3.63) is 17.5 Å². The molecule has 17 heavy (non-hydrogen) atoms. The summed E-state index contributed by atoms with van der Waals surface area (Å²) in [6, 6.07) is 0.209. The molecule has 1 heterocycles. The molecule has 0 aliphatic carbocycles. The van der Waals surface area contributed by atoms with Gasteiger partial charge in [0.15, 0.2) is 0 Å². The fourth-order valence-electron chi connectivity index (χ4n) is 1.79. The summed E-state index contributed by atoms with van der Waals surface area (Å²) < 4.78 is 1.69. The molecule has 96 valence electrons. The van der Waals surface area contributed by atoms with Gasteiger partial charge in [-0.25, -0.2) is 0 Å². The second-order valence-corrected chi connectivity index (χ2v) is 5.23. The van der Waals surface area contributed by atoms with Gasteiger partial charge in [0, 0.05) is 31.2 Å². The minimum absolute atomic E-state index is 0.0755. The van der Waals surface area contributed by atoms with Crippen LogP contribution in [0.1, 0.15) is 36.3 Å². The third-order valence-electron chi connectivity index (χ3n) is 2.66. The van der Waals surface area contributed by atoms with E-state index in [1.807, 2.05) is 32.7 Å². The van der Waals surface area contributed by atoms with Gasteiger partial charge < -0.3 is 4.90 Å². The molecule has 0 spiro atoms. The van der Waals surface area contributed by atoms with Crippen molar-refractivity contribution >= 4 is 21.8 Å². The van der Waals surface area contributed by atoms with Crippen molar-refractivity contribution in [1.82, 2.24) is 14.7 Å². The Labute approximate surface area is 111 Å². The SMILES string of the molecule is Cc1nn(C)cc1C(=O)N(CCCBr)C(C)C. The average Bonchev–Trinajstić information content (AvgIpc) is 2.57. The summed E-state index contributed by atoms with van der Waals surface area (Å²) in [7, 11) is 1.84. The van der Waals surface area contributed by atoms with Gasteiger partial charge in [0.1, 0.15) is 0 Å². The normalized spacial score (nSPS) is 10.9. The first-order chi connectivity index (χ1) is 7.97. The van der Waals surface area contributed by atoms with Crippen LogP contribution in [0.2, 0.25) is 0 Å². The molecule has 5 heteroatoms. The molecule has 4 nitrogen and oxygen atoms in total. The molecule has 0 fully saturated rings. The molecule has 0 bridgehead atoms. The van der Waals surface area contributed by atoms with Gasteiger partial charge in [-0.05, 0) is 27.2 Å². The van der Waals surface area contributed by atoms with Gasteiger partial charge in [0.05, 0.1) is 11.3 Å². The first-order valence-corrected chi connectivity index (χ1v) is 6.96. The van der Waals surface area contributed by atoms with E-state index in [0.29, 0.717) is 5.56 Å². The minimum atomic E-state index is 0.0755. The summed E-state index contributed by atoms with van der Waals surface area (Å²) in [4.78, 5) is 14.3. The standard InChI is InChI=1S/C12H20BrN3O/c1-9(2)16(7-5-6-13)12(17)11-8-15(4)14-10(11)3/h8-9H,5-7H2,1-4H3. The van der Waals surface area contributed by atoms with Gasteiger partial charge in [0.25, 0.3) is 5.91 Å². The van der Waals surface area contributed by atoms with E-state index in [1.54, 1.807) is 10.9 Å². The Hall–Kier alpha value is -0.840. The molecule has 0 saturated heterocycles. The average molecular weight is 302 g/mol. The zero-order valence-corrected chi connectivity index (χ0v) is 12.5. The molecule has 1 rings (SSSR count). The summed E-state index contributed by atoms with van der Waals surface area (Å²) in [6.07, 6.45) is 2.75. The highest BCUT2D eigenvalue weighted by atomic mass is 79.9. The van der Waals surface area contributed by atoms with E-state index in [-0.39, 0.29) is 11.9 Å². The molecular weight excluding hydrogens is 282 g/mol. The van der Waals surface area contributed by atoms with E-state index in [9.17, 15) is 4.79 Å². The molecule has 0 saturated carbocycles. The fourth-order valence-corrected chi connectivity index (χ4v) is 2.04. The van der Waals surface area contributed by atoms with Crippen LogP contribution in [-0.4, -0.2) is 38.5 Å².